The molecule has 1 aromatic carbocycles. The van der Waals surface area contributed by atoms with E-state index in [4.69, 9.17) is 18.0 Å². The summed E-state index contributed by atoms with van der Waals surface area (Å²) >= 11 is 4.87. The molecule has 0 fully saturated rings. The molecule has 0 spiro atoms. The van der Waals surface area contributed by atoms with Gasteiger partial charge in [-0.2, -0.15) is 4.31 Å². The Hall–Kier alpha value is -1.83. The van der Waals surface area contributed by atoms with E-state index in [2.05, 4.69) is 4.98 Å². The molecule has 0 aliphatic rings. The van der Waals surface area contributed by atoms with Crippen molar-refractivity contribution in [1.29, 1.82) is 0 Å². The summed E-state index contributed by atoms with van der Waals surface area (Å²) in [6.45, 7) is 0.195. The third-order valence-corrected chi connectivity index (χ3v) is 4.97. The van der Waals surface area contributed by atoms with Crippen molar-refractivity contribution < 1.29 is 8.42 Å². The Morgan fingerprint density at radius 3 is 2.67 bits per heavy atom. The first kappa shape index (κ1) is 15.6. The van der Waals surface area contributed by atoms with E-state index < -0.39 is 10.0 Å². The second-order valence-corrected chi connectivity index (χ2v) is 6.96. The number of hydrogen-bond donors (Lipinski definition) is 1. The van der Waals surface area contributed by atoms with Crippen LogP contribution in [0.25, 0.3) is 0 Å². The third-order valence-electron chi connectivity index (χ3n) is 2.94. The van der Waals surface area contributed by atoms with Crippen molar-refractivity contribution in [2.75, 3.05) is 7.05 Å². The van der Waals surface area contributed by atoms with Gasteiger partial charge in [-0.3, -0.25) is 4.98 Å². The van der Waals surface area contributed by atoms with Crippen LogP contribution in [0.2, 0.25) is 0 Å². The van der Waals surface area contributed by atoms with Gasteiger partial charge in [0.2, 0.25) is 10.0 Å². The van der Waals surface area contributed by atoms with Gasteiger partial charge < -0.3 is 5.73 Å². The lowest BCUT2D eigenvalue weighted by Gasteiger charge is -2.17. The molecule has 0 atom stereocenters. The van der Waals surface area contributed by atoms with E-state index >= 15 is 0 Å². The van der Waals surface area contributed by atoms with Gasteiger partial charge in [-0.05, 0) is 24.3 Å². The van der Waals surface area contributed by atoms with Crippen LogP contribution in [0.15, 0.2) is 53.6 Å². The zero-order valence-electron chi connectivity index (χ0n) is 11.4. The van der Waals surface area contributed by atoms with Gasteiger partial charge in [0.15, 0.2) is 0 Å². The zero-order valence-corrected chi connectivity index (χ0v) is 13.1. The second kappa shape index (κ2) is 6.30. The molecule has 2 aromatic rings. The molecule has 0 radical (unpaired) electrons. The van der Waals surface area contributed by atoms with Crippen molar-refractivity contribution in [3.63, 3.8) is 0 Å². The van der Waals surface area contributed by atoms with Crippen LogP contribution in [0.3, 0.4) is 0 Å². The number of pyridine rings is 1. The first-order valence-corrected chi connectivity index (χ1v) is 8.02. The Labute approximate surface area is 129 Å². The topological polar surface area (TPSA) is 76.3 Å². The number of thiocarbonyl (C=S) groups is 1. The van der Waals surface area contributed by atoms with Gasteiger partial charge in [0.1, 0.15) is 4.99 Å². The Balaban J connectivity index is 2.29. The number of sulfonamides is 1. The first-order valence-electron chi connectivity index (χ1n) is 6.17. The maximum absolute atomic E-state index is 12.5. The molecular weight excluding hydrogens is 306 g/mol. The third kappa shape index (κ3) is 3.63. The lowest BCUT2D eigenvalue weighted by atomic mass is 10.2. The fourth-order valence-corrected chi connectivity index (χ4v) is 3.11. The minimum atomic E-state index is -3.62. The Kier molecular flexibility index (Phi) is 4.66. The summed E-state index contributed by atoms with van der Waals surface area (Å²) in [5.74, 6) is 0. The van der Waals surface area contributed by atoms with E-state index in [1.165, 1.54) is 23.5 Å². The fraction of sp³-hybridized carbons (Fsp3) is 0.143. The first-order chi connectivity index (χ1) is 9.91. The number of benzene rings is 1. The minimum absolute atomic E-state index is 0.159. The maximum atomic E-state index is 12.5. The summed E-state index contributed by atoms with van der Waals surface area (Å²) in [4.78, 5) is 4.45. The highest BCUT2D eigenvalue weighted by Crippen LogP contribution is 2.17. The molecule has 0 saturated carbocycles. The highest BCUT2D eigenvalue weighted by atomic mass is 32.2. The van der Waals surface area contributed by atoms with E-state index in [9.17, 15) is 8.42 Å². The zero-order chi connectivity index (χ0) is 15.5. The number of aromatic nitrogens is 1. The van der Waals surface area contributed by atoms with Crippen molar-refractivity contribution in [2.24, 2.45) is 5.73 Å². The van der Waals surface area contributed by atoms with E-state index in [0.29, 0.717) is 11.3 Å². The van der Waals surface area contributed by atoms with Crippen LogP contribution in [0.1, 0.15) is 11.3 Å². The smallest absolute Gasteiger partial charge is 0.243 e. The van der Waals surface area contributed by atoms with E-state index in [-0.39, 0.29) is 16.4 Å². The van der Waals surface area contributed by atoms with Crippen LogP contribution >= 0.6 is 12.2 Å². The average Bonchev–Trinajstić information content (AvgIpc) is 2.48. The minimum Gasteiger partial charge on any atom is -0.389 e. The van der Waals surface area contributed by atoms with E-state index in [1.54, 1.807) is 30.5 Å². The van der Waals surface area contributed by atoms with Gasteiger partial charge in [0.25, 0.3) is 0 Å². The van der Waals surface area contributed by atoms with Gasteiger partial charge in [0, 0.05) is 18.8 Å². The SMILES string of the molecule is CN(Cc1ccccn1)S(=O)(=O)c1cccc(C(N)=S)c1. The highest BCUT2D eigenvalue weighted by Gasteiger charge is 2.21. The standard InChI is InChI=1S/C14H15N3O2S2/c1-17(10-12-6-2-3-8-16-12)21(18,19)13-7-4-5-11(9-13)14(15)20/h2-9H,10H2,1H3,(H2,15,20). The van der Waals surface area contributed by atoms with Gasteiger partial charge in [-0.25, -0.2) is 8.42 Å². The largest absolute Gasteiger partial charge is 0.389 e. The average molecular weight is 321 g/mol. The summed E-state index contributed by atoms with van der Waals surface area (Å²) in [5, 5.41) is 0. The number of nitrogens with two attached hydrogens (primary N) is 1. The number of hydrogen-bond acceptors (Lipinski definition) is 4. The van der Waals surface area contributed by atoms with E-state index in [0.717, 1.165) is 0 Å². The highest BCUT2D eigenvalue weighted by molar-refractivity contribution is 7.89. The second-order valence-electron chi connectivity index (χ2n) is 4.47. The van der Waals surface area contributed by atoms with Crippen LogP contribution in [0.4, 0.5) is 0 Å². The lowest BCUT2D eigenvalue weighted by Crippen LogP contribution is -2.27. The molecule has 5 nitrogen and oxygen atoms in total. The molecule has 0 saturated heterocycles. The fourth-order valence-electron chi connectivity index (χ4n) is 1.79. The summed E-state index contributed by atoms with van der Waals surface area (Å²) in [6.07, 6.45) is 1.63. The van der Waals surface area contributed by atoms with Crippen LogP contribution < -0.4 is 5.73 Å². The predicted octanol–water partition coefficient (Wildman–Crippen LogP) is 1.54. The molecular formula is C14H15N3O2S2. The van der Waals surface area contributed by atoms with Crippen molar-refractivity contribution in [2.45, 2.75) is 11.4 Å². The van der Waals surface area contributed by atoms with Crippen LogP contribution in [-0.2, 0) is 16.6 Å². The molecule has 110 valence electrons. The quantitative estimate of drug-likeness (QED) is 0.845. The van der Waals surface area contributed by atoms with Gasteiger partial charge >= 0.3 is 0 Å². The van der Waals surface area contributed by atoms with Gasteiger partial charge in [-0.15, -0.1) is 0 Å². The van der Waals surface area contributed by atoms with Crippen LogP contribution in [0, 0.1) is 0 Å². The Morgan fingerprint density at radius 1 is 1.29 bits per heavy atom. The van der Waals surface area contributed by atoms with Crippen molar-refractivity contribution in [3.05, 3.63) is 59.9 Å². The molecule has 7 heteroatoms. The van der Waals surface area contributed by atoms with E-state index in [1.807, 2.05) is 6.07 Å². The summed E-state index contributed by atoms with van der Waals surface area (Å²) in [7, 11) is -2.10. The van der Waals surface area contributed by atoms with Crippen molar-refractivity contribution >= 4 is 27.2 Å². The van der Waals surface area contributed by atoms with Gasteiger partial charge in [-0.1, -0.05) is 30.4 Å². The molecule has 0 aliphatic heterocycles. The van der Waals surface area contributed by atoms with Crippen molar-refractivity contribution in [3.8, 4) is 0 Å². The van der Waals surface area contributed by atoms with Gasteiger partial charge in [0.05, 0.1) is 17.1 Å². The van der Waals surface area contributed by atoms with Crippen LogP contribution in [-0.4, -0.2) is 29.7 Å². The molecule has 2 N–H and O–H groups in total. The Morgan fingerprint density at radius 2 is 2.05 bits per heavy atom. The molecule has 1 heterocycles. The molecule has 0 unspecified atom stereocenters. The van der Waals surface area contributed by atoms with Crippen LogP contribution in [0.5, 0.6) is 0 Å². The predicted molar refractivity (Wildman–Crippen MR) is 85.2 cm³/mol. The monoisotopic (exact) mass is 321 g/mol. The summed E-state index contributed by atoms with van der Waals surface area (Å²) in [5.41, 5.74) is 6.74. The molecule has 0 bridgehead atoms. The number of rotatable bonds is 5. The molecule has 0 amide bonds. The lowest BCUT2D eigenvalue weighted by molar-refractivity contribution is 0.462. The maximum Gasteiger partial charge on any atom is 0.243 e. The molecule has 1 aromatic heterocycles. The summed E-state index contributed by atoms with van der Waals surface area (Å²) < 4.78 is 26.3. The molecule has 0 aliphatic carbocycles. The summed E-state index contributed by atoms with van der Waals surface area (Å²) in [6, 6.07) is 11.7. The number of nitrogens with zero attached hydrogens (tertiary/aromatic N) is 2. The molecule has 2 rings (SSSR count). The Bertz CT molecular complexity index is 746. The molecule has 21 heavy (non-hydrogen) atoms. The normalized spacial score (nSPS) is 11.5. The van der Waals surface area contributed by atoms with Crippen molar-refractivity contribution in [1.82, 2.24) is 9.29 Å².